The highest BCUT2D eigenvalue weighted by atomic mass is 16.6. The second kappa shape index (κ2) is 21.3. The highest BCUT2D eigenvalue weighted by Gasteiger charge is 2.78. The van der Waals surface area contributed by atoms with E-state index in [1.54, 1.807) is 13.8 Å². The molecule has 0 aromatic heterocycles. The zero-order valence-electron chi connectivity index (χ0n) is 42.2. The molecule has 11 rings (SSSR count). The van der Waals surface area contributed by atoms with E-state index < -0.39 is 99.7 Å². The van der Waals surface area contributed by atoms with Crippen LogP contribution in [0, 0.1) is 87.3 Å². The molecule has 1 spiro atoms. The maximum absolute atomic E-state index is 12.1. The molecule has 0 N–H and O–H groups in total. The summed E-state index contributed by atoms with van der Waals surface area (Å²) in [5, 5.41) is 0. The lowest BCUT2D eigenvalue weighted by Crippen LogP contribution is -2.56. The predicted molar refractivity (Wildman–Crippen MR) is 239 cm³/mol. The van der Waals surface area contributed by atoms with Crippen LogP contribution < -0.4 is 0 Å². The van der Waals surface area contributed by atoms with E-state index in [9.17, 15) is 76.7 Å². The Morgan fingerprint density at radius 2 is 0.776 bits per heavy atom. The second-order valence-corrected chi connectivity index (χ2v) is 22.3. The van der Waals surface area contributed by atoms with Gasteiger partial charge in [0.15, 0.2) is 0 Å². The molecule has 24 nitrogen and oxygen atoms in total. The van der Waals surface area contributed by atoms with Gasteiger partial charge in [-0.25, -0.2) is 0 Å². The van der Waals surface area contributed by atoms with Crippen molar-refractivity contribution >= 4 is 95.5 Å². The van der Waals surface area contributed by atoms with Gasteiger partial charge >= 0.3 is 95.5 Å². The summed E-state index contributed by atoms with van der Waals surface area (Å²) in [5.41, 5.74) is -3.35. The highest BCUT2D eigenvalue weighted by Crippen LogP contribution is 2.74. The number of cyclic esters (lactones) is 16. The van der Waals surface area contributed by atoms with E-state index in [1.165, 1.54) is 13.8 Å². The Morgan fingerprint density at radius 3 is 1.12 bits per heavy atom. The van der Waals surface area contributed by atoms with Crippen molar-refractivity contribution < 1.29 is 115 Å². The van der Waals surface area contributed by atoms with E-state index >= 15 is 0 Å². The van der Waals surface area contributed by atoms with Crippen LogP contribution in [0.25, 0.3) is 0 Å². The molecular weight excluding hydrogens is 1010 g/mol. The van der Waals surface area contributed by atoms with Crippen molar-refractivity contribution in [3.63, 3.8) is 0 Å². The van der Waals surface area contributed by atoms with E-state index in [2.05, 4.69) is 28.4 Å². The number of hydrogen-bond donors (Lipinski definition) is 0. The molecule has 11 fully saturated rings. The Kier molecular flexibility index (Phi) is 15.5. The van der Waals surface area contributed by atoms with Gasteiger partial charge in [-0.15, -0.1) is 0 Å². The average molecular weight is 1070 g/mol. The summed E-state index contributed by atoms with van der Waals surface area (Å²) in [5.74, 6) is -12.0. The smallest absolute Gasteiger partial charge is 0.321 e. The number of ether oxygens (including phenoxy) is 8. The normalized spacial score (nSPS) is 38.3. The molecule has 8 aliphatic heterocycles. The highest BCUT2D eigenvalue weighted by molar-refractivity contribution is 6.06. The maximum atomic E-state index is 12.1. The fourth-order valence-electron chi connectivity index (χ4n) is 13.3. The van der Waals surface area contributed by atoms with Crippen molar-refractivity contribution in [1.82, 2.24) is 0 Å². The zero-order chi connectivity index (χ0) is 55.3. The maximum Gasteiger partial charge on any atom is 0.321 e. The number of esters is 16. The largest absolute Gasteiger partial charge is 0.393 e. The molecule has 0 aromatic rings. The van der Waals surface area contributed by atoms with E-state index in [-0.39, 0.29) is 115 Å². The van der Waals surface area contributed by atoms with Gasteiger partial charge in [0.05, 0.1) is 95.7 Å². The standard InChI is InChI=1S/C20H30O6.C14H12O6.C10H10O6.C8H6O6/c1-13-15(19(23)25-17(13)21)11-9-7-5-3-4-6-8-10-12-16-14(2)18(22)26-20(16)24;15-6-3-14(13(18)19-6)2-4-1-5(14)8-7(4)9-10(8)12(17)20-11(9)16;1-9(3-5(11)15-7(9)13)10(2)4-6(12)16-8(10)14;9-5-1-3(7(11)13-5)4-2-6(10)14-8(4)12/h13-16H,3-12H2,1-2H3;4-5,7-10H,1-3H2;3-4H2,1-2H3;3-4H,1-2H2. The van der Waals surface area contributed by atoms with Crippen LogP contribution >= 0.6 is 0 Å². The van der Waals surface area contributed by atoms with Crippen LogP contribution in [0.4, 0.5) is 0 Å². The SMILES string of the molecule is CC1(C2(C)CC(=O)OC2=O)CC(=O)OC1=O.CC1C(=O)OC(=O)C1CCCCCCCCCCC1C(=O)OC(=O)C1C.O=C1CC(C2CC(=O)OC2=O)C(=O)O1.O=C1CC2(CC3CC2C2C4C(=O)OC(=O)C4C32)C(=O)O1. The first-order valence-corrected chi connectivity index (χ1v) is 25.8. The summed E-state index contributed by atoms with van der Waals surface area (Å²) >= 11 is 0. The molecule has 8 saturated heterocycles. The molecule has 0 radical (unpaired) electrons. The minimum absolute atomic E-state index is 0.00356. The first-order chi connectivity index (χ1) is 35.8. The van der Waals surface area contributed by atoms with Crippen molar-refractivity contribution in [1.29, 1.82) is 0 Å². The van der Waals surface area contributed by atoms with Crippen LogP contribution in [0.5, 0.6) is 0 Å². The lowest BCUT2D eigenvalue weighted by atomic mass is 9.48. The van der Waals surface area contributed by atoms with Crippen molar-refractivity contribution in [2.24, 2.45) is 87.3 Å². The van der Waals surface area contributed by atoms with Crippen LogP contribution in [-0.2, 0) is 115 Å². The Labute approximate surface area is 433 Å². The molecule has 3 aliphatic carbocycles. The van der Waals surface area contributed by atoms with Crippen LogP contribution in [-0.4, -0.2) is 95.5 Å². The van der Waals surface area contributed by atoms with Gasteiger partial charge in [-0.2, -0.15) is 0 Å². The molecule has 11 aliphatic rings. The Hall–Kier alpha value is -6.88. The van der Waals surface area contributed by atoms with Gasteiger partial charge in [0, 0.05) is 0 Å². The average Bonchev–Trinajstić information content (AvgIpc) is 4.24. The van der Waals surface area contributed by atoms with Crippen LogP contribution in [0.1, 0.15) is 137 Å². The summed E-state index contributed by atoms with van der Waals surface area (Å²) in [6.45, 7) is 6.42. The molecule has 3 saturated carbocycles. The molecule has 2 bridgehead atoms. The van der Waals surface area contributed by atoms with Crippen LogP contribution in [0.2, 0.25) is 0 Å². The van der Waals surface area contributed by atoms with Crippen LogP contribution in [0.3, 0.4) is 0 Å². The van der Waals surface area contributed by atoms with Gasteiger partial charge in [0.25, 0.3) is 0 Å². The molecule has 8 heterocycles. The number of carbonyl (C=O) groups is 16. The number of hydrogen-bond acceptors (Lipinski definition) is 24. The summed E-state index contributed by atoms with van der Waals surface area (Å²) in [4.78, 5) is 182. The molecule has 15 atom stereocenters. The molecule has 15 unspecified atom stereocenters. The topological polar surface area (TPSA) is 347 Å². The van der Waals surface area contributed by atoms with E-state index in [0.717, 1.165) is 70.6 Å². The first kappa shape index (κ1) is 55.4. The zero-order valence-corrected chi connectivity index (χ0v) is 42.2. The Morgan fingerprint density at radius 1 is 0.395 bits per heavy atom. The number of rotatable bonds is 13. The van der Waals surface area contributed by atoms with Gasteiger partial charge in [0.1, 0.15) is 0 Å². The lowest BCUT2D eigenvalue weighted by Gasteiger charge is -2.51. The third-order valence-corrected chi connectivity index (χ3v) is 17.9. The summed E-state index contributed by atoms with van der Waals surface area (Å²) < 4.78 is 36.2. The lowest BCUT2D eigenvalue weighted by molar-refractivity contribution is -0.165. The number of unbranched alkanes of at least 4 members (excludes halogenated alkanes) is 7. The molecular formula is C52H58O24. The van der Waals surface area contributed by atoms with Crippen molar-refractivity contribution in [3.05, 3.63) is 0 Å². The van der Waals surface area contributed by atoms with Crippen LogP contribution in [0.15, 0.2) is 0 Å². The summed E-state index contributed by atoms with van der Waals surface area (Å²) in [6.07, 6.45) is 11.0. The van der Waals surface area contributed by atoms with Gasteiger partial charge in [-0.1, -0.05) is 65.2 Å². The van der Waals surface area contributed by atoms with Gasteiger partial charge in [-0.05, 0) is 63.2 Å². The van der Waals surface area contributed by atoms with E-state index in [4.69, 9.17) is 9.47 Å². The third kappa shape index (κ3) is 10.0. The third-order valence-electron chi connectivity index (χ3n) is 17.9. The van der Waals surface area contributed by atoms with Crippen molar-refractivity contribution in [2.75, 3.05) is 0 Å². The number of carbonyl (C=O) groups excluding carboxylic acids is 16. The minimum atomic E-state index is -1.31. The Bertz CT molecular complexity index is 2490. The quantitative estimate of drug-likeness (QED) is 0.111. The minimum Gasteiger partial charge on any atom is -0.393 e. The Balaban J connectivity index is 0.000000138. The first-order valence-electron chi connectivity index (χ1n) is 25.8. The molecule has 0 amide bonds. The molecule has 0 aromatic carbocycles. The van der Waals surface area contributed by atoms with Gasteiger partial charge in [-0.3, -0.25) is 76.7 Å². The van der Waals surface area contributed by atoms with Crippen molar-refractivity contribution in [2.45, 2.75) is 137 Å². The van der Waals surface area contributed by atoms with Gasteiger partial charge < -0.3 is 37.9 Å². The van der Waals surface area contributed by atoms with Crippen molar-refractivity contribution in [3.8, 4) is 0 Å². The predicted octanol–water partition coefficient (Wildman–Crippen LogP) is 2.72. The molecule has 410 valence electrons. The fraction of sp³-hybridized carbons (Fsp3) is 0.692. The van der Waals surface area contributed by atoms with E-state index in [0.29, 0.717) is 6.42 Å². The summed E-state index contributed by atoms with van der Waals surface area (Å²) in [7, 11) is 0. The van der Waals surface area contributed by atoms with Gasteiger partial charge in [0.2, 0.25) is 0 Å². The van der Waals surface area contributed by atoms with E-state index in [1.807, 2.05) is 0 Å². The monoisotopic (exact) mass is 1070 g/mol. The fourth-order valence-corrected chi connectivity index (χ4v) is 13.3. The summed E-state index contributed by atoms with van der Waals surface area (Å²) in [6, 6.07) is 0. The molecule has 76 heavy (non-hydrogen) atoms. The molecule has 24 heteroatoms. The number of fused-ring (bicyclic) bond motifs is 9. The second-order valence-electron chi connectivity index (χ2n) is 22.3.